The van der Waals surface area contributed by atoms with E-state index in [-0.39, 0.29) is 0 Å². The summed E-state index contributed by atoms with van der Waals surface area (Å²) in [5.41, 5.74) is -8.52. The number of aliphatic hydroxyl groups excluding tert-OH is 3. The summed E-state index contributed by atoms with van der Waals surface area (Å²) in [4.78, 5) is 23.0. The van der Waals surface area contributed by atoms with Crippen molar-refractivity contribution in [2.45, 2.75) is 69.7 Å². The Labute approximate surface area is 122 Å². The highest BCUT2D eigenvalue weighted by atomic mass is 16.4. The van der Waals surface area contributed by atoms with Crippen molar-refractivity contribution in [2.75, 3.05) is 0 Å². The van der Waals surface area contributed by atoms with E-state index < -0.39 is 46.7 Å². The molecule has 0 fully saturated rings. The van der Waals surface area contributed by atoms with Crippen molar-refractivity contribution in [1.29, 1.82) is 0 Å². The van der Waals surface area contributed by atoms with Gasteiger partial charge in [-0.15, -0.1) is 0 Å². The third kappa shape index (κ3) is 3.01. The molecule has 0 amide bonds. The van der Waals surface area contributed by atoms with Crippen LogP contribution in [0.4, 0.5) is 0 Å². The first-order valence-corrected chi connectivity index (χ1v) is 6.38. The fraction of sp³-hybridized carbons (Fsp3) is 0.846. The predicted octanol–water partition coefficient (Wildman–Crippen LogP) is -2.50. The van der Waals surface area contributed by atoms with Crippen LogP contribution in [0.15, 0.2) is 0 Å². The van der Waals surface area contributed by atoms with Crippen molar-refractivity contribution in [3.8, 4) is 0 Å². The highest BCUT2D eigenvalue weighted by Gasteiger charge is 2.66. The number of carbonyl (C=O) groups excluding carboxylic acids is 2. The molecule has 0 rings (SSSR count). The molecule has 0 saturated carbocycles. The van der Waals surface area contributed by atoms with E-state index in [1.165, 1.54) is 0 Å². The molecular weight excluding hydrogens is 284 g/mol. The Hall–Kier alpha value is -0.900. The van der Waals surface area contributed by atoms with Crippen LogP contribution in [0.25, 0.3) is 0 Å². The van der Waals surface area contributed by atoms with E-state index in [1.54, 1.807) is 0 Å². The molecule has 6 N–H and O–H groups in total. The Morgan fingerprint density at radius 3 is 1.57 bits per heavy atom. The molecule has 8 nitrogen and oxygen atoms in total. The number of Topliss-reactive ketones (excluding diaryl/α,β-unsaturated/α-hetero) is 2. The van der Waals surface area contributed by atoms with E-state index in [0.717, 1.165) is 34.6 Å². The fourth-order valence-corrected chi connectivity index (χ4v) is 2.24. The van der Waals surface area contributed by atoms with Crippen molar-refractivity contribution >= 4 is 11.6 Å². The van der Waals surface area contributed by atoms with Crippen molar-refractivity contribution < 1.29 is 40.2 Å². The molecule has 124 valence electrons. The van der Waals surface area contributed by atoms with E-state index in [2.05, 4.69) is 0 Å². The smallest absolute Gasteiger partial charge is 0.187 e. The van der Waals surface area contributed by atoms with E-state index in [4.69, 9.17) is 0 Å². The maximum absolute atomic E-state index is 11.7. The molecule has 8 heteroatoms. The molecule has 0 heterocycles. The van der Waals surface area contributed by atoms with Crippen LogP contribution in [0, 0.1) is 0 Å². The Balaban J connectivity index is 6.13. The minimum atomic E-state index is -3.07. The van der Waals surface area contributed by atoms with E-state index in [9.17, 15) is 40.2 Å². The minimum Gasteiger partial charge on any atom is -0.391 e. The third-order valence-corrected chi connectivity index (χ3v) is 4.08. The van der Waals surface area contributed by atoms with Gasteiger partial charge in [-0.25, -0.2) is 0 Å². The number of hydrogen-bond donors (Lipinski definition) is 6. The van der Waals surface area contributed by atoms with Crippen LogP contribution in [0.1, 0.15) is 34.6 Å². The van der Waals surface area contributed by atoms with E-state index in [0.29, 0.717) is 0 Å². The van der Waals surface area contributed by atoms with Crippen molar-refractivity contribution in [3.05, 3.63) is 0 Å². The van der Waals surface area contributed by atoms with Crippen LogP contribution in [-0.2, 0) is 9.59 Å². The van der Waals surface area contributed by atoms with Gasteiger partial charge >= 0.3 is 0 Å². The molecule has 0 aromatic heterocycles. The second-order valence-corrected chi connectivity index (χ2v) is 5.74. The Morgan fingerprint density at radius 2 is 1.33 bits per heavy atom. The summed E-state index contributed by atoms with van der Waals surface area (Å²) in [6.45, 7) is 4.46. The zero-order valence-corrected chi connectivity index (χ0v) is 12.7. The molecule has 0 aromatic carbocycles. The van der Waals surface area contributed by atoms with Gasteiger partial charge in [0.05, 0.1) is 6.10 Å². The molecule has 21 heavy (non-hydrogen) atoms. The summed E-state index contributed by atoms with van der Waals surface area (Å²) in [6.07, 6.45) is -5.80. The van der Waals surface area contributed by atoms with Crippen LogP contribution in [0.2, 0.25) is 0 Å². The van der Waals surface area contributed by atoms with Gasteiger partial charge in [0.2, 0.25) is 0 Å². The fourth-order valence-electron chi connectivity index (χ4n) is 2.24. The van der Waals surface area contributed by atoms with Gasteiger partial charge in [-0.1, -0.05) is 0 Å². The van der Waals surface area contributed by atoms with Gasteiger partial charge in [0, 0.05) is 0 Å². The molecule has 0 bridgehead atoms. The SMILES string of the molecule is CC(=O)C(O)[C@](O)(C(C)=O)[C@@](C)(O)[C@](C)(O)[C@H](O)C(C)O. The number of rotatable bonds is 7. The topological polar surface area (TPSA) is 156 Å². The summed E-state index contributed by atoms with van der Waals surface area (Å²) in [7, 11) is 0. The van der Waals surface area contributed by atoms with Crippen molar-refractivity contribution in [2.24, 2.45) is 0 Å². The number of hydrogen-bond acceptors (Lipinski definition) is 8. The van der Waals surface area contributed by atoms with Gasteiger partial charge < -0.3 is 30.6 Å². The maximum Gasteiger partial charge on any atom is 0.187 e. The number of aliphatic hydroxyl groups is 6. The highest BCUT2D eigenvalue weighted by Crippen LogP contribution is 2.39. The molecule has 2 unspecified atom stereocenters. The van der Waals surface area contributed by atoms with Gasteiger partial charge in [-0.2, -0.15) is 0 Å². The van der Waals surface area contributed by atoms with E-state index in [1.807, 2.05) is 0 Å². The Kier molecular flexibility index (Phi) is 5.81. The Bertz CT molecular complexity index is 414. The molecule has 6 atom stereocenters. The summed E-state index contributed by atoms with van der Waals surface area (Å²) in [5, 5.41) is 60.1. The third-order valence-electron chi connectivity index (χ3n) is 4.08. The van der Waals surface area contributed by atoms with Crippen LogP contribution in [0.5, 0.6) is 0 Å². The lowest BCUT2D eigenvalue weighted by Crippen LogP contribution is -2.76. The van der Waals surface area contributed by atoms with Crippen LogP contribution in [0.3, 0.4) is 0 Å². The second-order valence-electron chi connectivity index (χ2n) is 5.74. The quantitative estimate of drug-likeness (QED) is 0.301. The molecule has 0 aliphatic heterocycles. The van der Waals surface area contributed by atoms with Crippen molar-refractivity contribution in [1.82, 2.24) is 0 Å². The van der Waals surface area contributed by atoms with Crippen LogP contribution < -0.4 is 0 Å². The molecule has 0 aromatic rings. The number of ketones is 2. The summed E-state index contributed by atoms with van der Waals surface area (Å²) < 4.78 is 0. The van der Waals surface area contributed by atoms with Crippen LogP contribution in [-0.4, -0.2) is 77.3 Å². The molecule has 0 spiro atoms. The highest BCUT2D eigenvalue weighted by molar-refractivity contribution is 5.95. The molecule has 0 saturated heterocycles. The Morgan fingerprint density at radius 1 is 0.952 bits per heavy atom. The summed E-state index contributed by atoms with van der Waals surface area (Å²) >= 11 is 0. The van der Waals surface area contributed by atoms with Gasteiger partial charge in [0.1, 0.15) is 17.3 Å². The van der Waals surface area contributed by atoms with Gasteiger partial charge in [-0.3, -0.25) is 9.59 Å². The molecule has 0 radical (unpaired) electrons. The first kappa shape index (κ1) is 20.1. The first-order valence-electron chi connectivity index (χ1n) is 6.38. The van der Waals surface area contributed by atoms with Crippen LogP contribution >= 0.6 is 0 Å². The average Bonchev–Trinajstić information content (AvgIpc) is 2.34. The zero-order valence-electron chi connectivity index (χ0n) is 12.7. The lowest BCUT2D eigenvalue weighted by atomic mass is 9.65. The molecule has 0 aliphatic rings. The van der Waals surface area contributed by atoms with E-state index >= 15 is 0 Å². The largest absolute Gasteiger partial charge is 0.391 e. The average molecular weight is 308 g/mol. The zero-order chi connectivity index (χ0) is 17.4. The predicted molar refractivity (Wildman–Crippen MR) is 71.3 cm³/mol. The normalized spacial score (nSPS) is 24.9. The summed E-state index contributed by atoms with van der Waals surface area (Å²) in [6, 6.07) is 0. The second kappa shape index (κ2) is 6.07. The lowest BCUT2D eigenvalue weighted by molar-refractivity contribution is -0.277. The minimum absolute atomic E-state index is 0.784. The molecular formula is C13H24O8. The standard InChI is InChI=1S/C13H24O8/c1-6(14)9(17)11(4,19)12(5,20)13(21,8(3)16)10(18)7(2)15/h6,9-10,14,17-21H,1-5H3/t6?,9-,10?,11-,12+,13-/m1/s1. The molecule has 0 aliphatic carbocycles. The van der Waals surface area contributed by atoms with Crippen molar-refractivity contribution in [3.63, 3.8) is 0 Å². The maximum atomic E-state index is 11.7. The van der Waals surface area contributed by atoms with Gasteiger partial charge in [0.15, 0.2) is 23.3 Å². The summed E-state index contributed by atoms with van der Waals surface area (Å²) in [5.74, 6) is -2.21. The van der Waals surface area contributed by atoms with Gasteiger partial charge in [0.25, 0.3) is 0 Å². The number of carbonyl (C=O) groups is 2. The first-order chi connectivity index (χ1) is 9.15. The monoisotopic (exact) mass is 308 g/mol. The van der Waals surface area contributed by atoms with Gasteiger partial charge in [-0.05, 0) is 34.6 Å². The lowest BCUT2D eigenvalue weighted by Gasteiger charge is -2.51.